The minimum Gasteiger partial charge on any atom is -0.387 e. The van der Waals surface area contributed by atoms with E-state index in [1.165, 1.54) is 5.56 Å². The van der Waals surface area contributed by atoms with Crippen LogP contribution in [0.3, 0.4) is 0 Å². The maximum Gasteiger partial charge on any atom is 0.252 e. The van der Waals surface area contributed by atoms with Crippen LogP contribution in [0.25, 0.3) is 11.1 Å². The Balaban J connectivity index is 1.62. The van der Waals surface area contributed by atoms with Crippen LogP contribution in [0.2, 0.25) is 0 Å². The van der Waals surface area contributed by atoms with Crippen molar-refractivity contribution in [2.75, 3.05) is 12.3 Å². The zero-order chi connectivity index (χ0) is 18.4. The van der Waals surface area contributed by atoms with Gasteiger partial charge in [0.05, 0.1) is 11.7 Å². The zero-order valence-corrected chi connectivity index (χ0v) is 16.1. The Kier molecular flexibility index (Phi) is 6.50. The third kappa shape index (κ3) is 4.55. The van der Waals surface area contributed by atoms with E-state index in [0.29, 0.717) is 5.56 Å². The molecule has 0 saturated heterocycles. The highest BCUT2D eigenvalue weighted by atomic mass is 32.2. The lowest BCUT2D eigenvalue weighted by Gasteiger charge is -2.14. The van der Waals surface area contributed by atoms with Gasteiger partial charge in [0.2, 0.25) is 0 Å². The summed E-state index contributed by atoms with van der Waals surface area (Å²) in [5.41, 5.74) is 3.74. The highest BCUT2D eigenvalue weighted by molar-refractivity contribution is 7.99. The third-order valence-corrected chi connectivity index (χ3v) is 5.68. The number of hydrogen-bond donors (Lipinski definition) is 2. The number of aliphatic hydroxyl groups excluding tert-OH is 1. The second-order valence-electron chi connectivity index (χ2n) is 5.79. The Morgan fingerprint density at radius 1 is 1.12 bits per heavy atom. The lowest BCUT2D eigenvalue weighted by atomic mass is 10.0. The predicted molar refractivity (Wildman–Crippen MR) is 110 cm³/mol. The molecule has 1 aromatic heterocycles. The van der Waals surface area contributed by atoms with Gasteiger partial charge in [-0.05, 0) is 51.4 Å². The van der Waals surface area contributed by atoms with Crippen LogP contribution in [-0.2, 0) is 0 Å². The van der Waals surface area contributed by atoms with Crippen LogP contribution < -0.4 is 5.32 Å². The first kappa shape index (κ1) is 18.7. The van der Waals surface area contributed by atoms with E-state index in [1.807, 2.05) is 53.9 Å². The number of aliphatic hydroxyl groups is 1. The minimum atomic E-state index is -0.735. The number of benzene rings is 2. The van der Waals surface area contributed by atoms with Crippen molar-refractivity contribution in [1.82, 2.24) is 5.32 Å². The van der Waals surface area contributed by atoms with Crippen LogP contribution in [0, 0.1) is 0 Å². The first-order valence-electron chi connectivity index (χ1n) is 8.49. The van der Waals surface area contributed by atoms with Gasteiger partial charge < -0.3 is 10.4 Å². The molecule has 2 N–H and O–H groups in total. The minimum absolute atomic E-state index is 0.157. The van der Waals surface area contributed by atoms with E-state index in [2.05, 4.69) is 23.7 Å². The van der Waals surface area contributed by atoms with E-state index in [4.69, 9.17) is 0 Å². The molecule has 1 heterocycles. The van der Waals surface area contributed by atoms with Crippen LogP contribution in [0.15, 0.2) is 70.3 Å². The van der Waals surface area contributed by atoms with Crippen molar-refractivity contribution in [3.8, 4) is 11.1 Å². The fourth-order valence-electron chi connectivity index (χ4n) is 2.66. The van der Waals surface area contributed by atoms with Crippen LogP contribution in [-0.4, -0.2) is 23.3 Å². The Labute approximate surface area is 162 Å². The predicted octanol–water partition coefficient (Wildman–Crippen LogP) is 4.99. The van der Waals surface area contributed by atoms with Crippen molar-refractivity contribution < 1.29 is 9.90 Å². The molecule has 1 atom stereocenters. The summed E-state index contributed by atoms with van der Waals surface area (Å²) in [6, 6.07) is 17.4. The van der Waals surface area contributed by atoms with Gasteiger partial charge in [-0.2, -0.15) is 11.3 Å². The molecule has 3 rings (SSSR count). The molecule has 0 aliphatic rings. The lowest BCUT2D eigenvalue weighted by Crippen LogP contribution is -2.28. The number of thioether (sulfide) groups is 1. The van der Waals surface area contributed by atoms with Gasteiger partial charge in [0.15, 0.2) is 0 Å². The van der Waals surface area contributed by atoms with E-state index < -0.39 is 6.10 Å². The first-order chi connectivity index (χ1) is 12.7. The summed E-state index contributed by atoms with van der Waals surface area (Å²) >= 11 is 3.30. The zero-order valence-electron chi connectivity index (χ0n) is 14.5. The number of thiophene rings is 1. The second kappa shape index (κ2) is 9.03. The van der Waals surface area contributed by atoms with Gasteiger partial charge in [0.25, 0.3) is 5.91 Å². The quantitative estimate of drug-likeness (QED) is 0.565. The van der Waals surface area contributed by atoms with Crippen LogP contribution >= 0.6 is 23.1 Å². The summed E-state index contributed by atoms with van der Waals surface area (Å²) in [6.45, 7) is 2.24. The highest BCUT2D eigenvalue weighted by Crippen LogP contribution is 2.24. The second-order valence-corrected chi connectivity index (χ2v) is 7.87. The molecule has 0 saturated carbocycles. The number of hydrogen-bond acceptors (Lipinski definition) is 4. The van der Waals surface area contributed by atoms with Crippen molar-refractivity contribution in [2.45, 2.75) is 17.9 Å². The van der Waals surface area contributed by atoms with Crippen molar-refractivity contribution >= 4 is 29.0 Å². The van der Waals surface area contributed by atoms with Gasteiger partial charge in [-0.15, -0.1) is 11.8 Å². The molecule has 1 unspecified atom stereocenters. The van der Waals surface area contributed by atoms with Gasteiger partial charge in [0, 0.05) is 11.4 Å². The molecule has 0 spiro atoms. The average molecular weight is 384 g/mol. The van der Waals surface area contributed by atoms with Crippen LogP contribution in [0.4, 0.5) is 0 Å². The van der Waals surface area contributed by atoms with E-state index in [9.17, 15) is 9.90 Å². The van der Waals surface area contributed by atoms with Gasteiger partial charge in [0.1, 0.15) is 0 Å². The normalized spacial score (nSPS) is 11.9. The van der Waals surface area contributed by atoms with Gasteiger partial charge in [-0.3, -0.25) is 4.79 Å². The topological polar surface area (TPSA) is 49.3 Å². The number of nitrogens with one attached hydrogen (secondary N) is 1. The van der Waals surface area contributed by atoms with Gasteiger partial charge in [-0.25, -0.2) is 0 Å². The van der Waals surface area contributed by atoms with Crippen molar-refractivity contribution in [3.63, 3.8) is 0 Å². The molecule has 3 nitrogen and oxygen atoms in total. The maximum atomic E-state index is 12.5. The molecule has 5 heteroatoms. The Bertz CT molecular complexity index is 845. The monoisotopic (exact) mass is 383 g/mol. The maximum absolute atomic E-state index is 12.5. The lowest BCUT2D eigenvalue weighted by molar-refractivity contribution is 0.0913. The van der Waals surface area contributed by atoms with Crippen molar-refractivity contribution in [1.29, 1.82) is 0 Å². The van der Waals surface area contributed by atoms with E-state index in [0.717, 1.165) is 21.8 Å². The number of rotatable bonds is 7. The van der Waals surface area contributed by atoms with E-state index in [1.54, 1.807) is 23.1 Å². The Morgan fingerprint density at radius 3 is 2.58 bits per heavy atom. The fourth-order valence-corrected chi connectivity index (χ4v) is 4.13. The fraction of sp³-hybridized carbons (Fsp3) is 0.190. The molecule has 0 aliphatic heterocycles. The summed E-state index contributed by atoms with van der Waals surface area (Å²) in [4.78, 5) is 13.4. The Hall–Kier alpha value is -2.08. The summed E-state index contributed by atoms with van der Waals surface area (Å²) in [5.74, 6) is 0.749. The molecular weight excluding hydrogens is 362 g/mol. The summed E-state index contributed by atoms with van der Waals surface area (Å²) in [7, 11) is 0. The number of carbonyl (C=O) groups is 1. The van der Waals surface area contributed by atoms with E-state index >= 15 is 0 Å². The molecule has 134 valence electrons. The summed E-state index contributed by atoms with van der Waals surface area (Å²) in [5, 5.41) is 17.4. The molecule has 0 radical (unpaired) electrons. The standard InChI is InChI=1S/C21H21NO2S2/c1-2-26-20-6-4-3-5-18(20)21(24)22-13-19(23)16-9-7-15(8-10-16)17-11-12-25-14-17/h3-12,14,19,23H,2,13H2,1H3,(H,22,24). The molecule has 3 aromatic rings. The average Bonchev–Trinajstić information content (AvgIpc) is 3.21. The summed E-state index contributed by atoms with van der Waals surface area (Å²) < 4.78 is 0. The largest absolute Gasteiger partial charge is 0.387 e. The molecule has 0 aliphatic carbocycles. The first-order valence-corrected chi connectivity index (χ1v) is 10.4. The van der Waals surface area contributed by atoms with Crippen LogP contribution in [0.5, 0.6) is 0 Å². The molecule has 26 heavy (non-hydrogen) atoms. The number of amides is 1. The Morgan fingerprint density at radius 2 is 1.88 bits per heavy atom. The van der Waals surface area contributed by atoms with Crippen molar-refractivity contribution in [2.24, 2.45) is 0 Å². The van der Waals surface area contributed by atoms with Gasteiger partial charge >= 0.3 is 0 Å². The van der Waals surface area contributed by atoms with Crippen molar-refractivity contribution in [3.05, 3.63) is 76.5 Å². The molecule has 0 bridgehead atoms. The third-order valence-electron chi connectivity index (χ3n) is 4.04. The molecule has 1 amide bonds. The number of carbonyl (C=O) groups excluding carboxylic acids is 1. The van der Waals surface area contributed by atoms with E-state index in [-0.39, 0.29) is 12.5 Å². The van der Waals surface area contributed by atoms with Gasteiger partial charge in [-0.1, -0.05) is 43.3 Å². The molecule has 0 fully saturated rings. The SMILES string of the molecule is CCSc1ccccc1C(=O)NCC(O)c1ccc(-c2ccsc2)cc1. The summed E-state index contributed by atoms with van der Waals surface area (Å²) in [6.07, 6.45) is -0.735. The molecule has 2 aromatic carbocycles. The smallest absolute Gasteiger partial charge is 0.252 e. The van der Waals surface area contributed by atoms with Crippen LogP contribution in [0.1, 0.15) is 28.9 Å². The molecular formula is C21H21NO2S2. The highest BCUT2D eigenvalue weighted by Gasteiger charge is 2.14.